The maximum absolute atomic E-state index is 13.0. The molecule has 0 aliphatic carbocycles. The van der Waals surface area contributed by atoms with Crippen LogP contribution in [0.5, 0.6) is 0 Å². The number of esters is 1. The molecule has 1 aliphatic heterocycles. The zero-order valence-electron chi connectivity index (χ0n) is 57.0. The number of hydrogen-bond donors (Lipinski definition) is 6. The van der Waals surface area contributed by atoms with Crippen molar-refractivity contribution in [3.63, 3.8) is 0 Å². The lowest BCUT2D eigenvalue weighted by Gasteiger charge is -2.40. The summed E-state index contributed by atoms with van der Waals surface area (Å²) < 4.78 is 16.7. The van der Waals surface area contributed by atoms with Gasteiger partial charge in [-0.2, -0.15) is 0 Å². The Morgan fingerprint density at radius 1 is 0.425 bits per heavy atom. The molecule has 0 bridgehead atoms. The molecule has 11 heteroatoms. The number of nitrogens with one attached hydrogen (secondary N) is 1. The Hall–Kier alpha value is -2.12. The predicted molar refractivity (Wildman–Crippen MR) is 366 cm³/mol. The predicted octanol–water partition coefficient (Wildman–Crippen LogP) is 19.7. The molecule has 7 unspecified atom stereocenters. The van der Waals surface area contributed by atoms with Crippen molar-refractivity contribution in [2.45, 2.75) is 416 Å². The monoisotopic (exact) mass is 1230 g/mol. The molecule has 1 heterocycles. The zero-order valence-corrected chi connectivity index (χ0v) is 57.0. The molecule has 6 N–H and O–H groups in total. The number of aliphatic hydroxyl groups excluding tert-OH is 5. The molecule has 1 amide bonds. The van der Waals surface area contributed by atoms with E-state index < -0.39 is 49.5 Å². The molecule has 0 aromatic heterocycles. The summed E-state index contributed by atoms with van der Waals surface area (Å²) in [7, 11) is 0. The molecule has 87 heavy (non-hydrogen) atoms. The van der Waals surface area contributed by atoms with Gasteiger partial charge < -0.3 is 45.1 Å². The van der Waals surface area contributed by atoms with Crippen LogP contribution in [0.15, 0.2) is 36.5 Å². The van der Waals surface area contributed by atoms with Crippen molar-refractivity contribution in [2.75, 3.05) is 19.8 Å². The van der Waals surface area contributed by atoms with Crippen molar-refractivity contribution in [1.82, 2.24) is 5.32 Å². The highest BCUT2D eigenvalue weighted by Gasteiger charge is 2.44. The Morgan fingerprint density at radius 3 is 1.18 bits per heavy atom. The van der Waals surface area contributed by atoms with Crippen molar-refractivity contribution in [3.8, 4) is 0 Å². The highest BCUT2D eigenvalue weighted by Crippen LogP contribution is 2.24. The smallest absolute Gasteiger partial charge is 0.305 e. The topological polar surface area (TPSA) is 175 Å². The van der Waals surface area contributed by atoms with Gasteiger partial charge in [-0.3, -0.25) is 9.59 Å². The van der Waals surface area contributed by atoms with Gasteiger partial charge in [0.1, 0.15) is 24.4 Å². The average Bonchev–Trinajstić information content (AvgIpc) is 3.66. The Labute approximate surface area is 536 Å². The molecule has 0 aromatic rings. The normalized spacial score (nSPS) is 18.0. The van der Waals surface area contributed by atoms with E-state index in [1.165, 1.54) is 283 Å². The molecule has 512 valence electrons. The van der Waals surface area contributed by atoms with E-state index >= 15 is 0 Å². The van der Waals surface area contributed by atoms with Gasteiger partial charge >= 0.3 is 5.97 Å². The molecule has 0 saturated carbocycles. The Bertz CT molecular complexity index is 1540. The van der Waals surface area contributed by atoms with Crippen molar-refractivity contribution >= 4 is 11.9 Å². The fourth-order valence-electron chi connectivity index (χ4n) is 12.1. The molecule has 1 saturated heterocycles. The Kier molecular flexibility index (Phi) is 62.3. The highest BCUT2D eigenvalue weighted by atomic mass is 16.7. The van der Waals surface area contributed by atoms with E-state index in [0.717, 1.165) is 64.2 Å². The number of allylic oxidation sites excluding steroid dienone is 5. The van der Waals surface area contributed by atoms with Gasteiger partial charge in [0.05, 0.1) is 32.0 Å². The van der Waals surface area contributed by atoms with E-state index in [4.69, 9.17) is 14.2 Å². The standard InChI is InChI=1S/C76H143NO10/c1-3-5-7-9-11-13-14-15-37-41-44-48-52-56-60-64-72(81)85-65-61-57-53-49-45-42-39-36-34-32-30-28-26-24-22-20-18-16-17-19-21-23-25-27-29-31-33-35-38-40-43-47-51-55-59-63-71(80)77-68(69(79)62-58-54-50-46-12-10-8-6-4-2)67-86-76-75(84)74(83)73(82)70(66-78)87-76/h11,13,15,37,58,62,68-70,73-76,78-79,82-84H,3-10,12,14,16-36,38-57,59-61,63-67H2,1-2H3,(H,77,80)/b13-11-,37-15-,62-58+. The van der Waals surface area contributed by atoms with Crippen LogP contribution < -0.4 is 5.32 Å². The van der Waals surface area contributed by atoms with Crippen LogP contribution in [0.1, 0.15) is 373 Å². The first-order valence-electron chi connectivity index (χ1n) is 37.8. The number of amides is 1. The molecule has 7 atom stereocenters. The van der Waals surface area contributed by atoms with E-state index in [-0.39, 0.29) is 18.5 Å². The number of aliphatic hydroxyl groups is 5. The van der Waals surface area contributed by atoms with Gasteiger partial charge in [0, 0.05) is 12.8 Å². The van der Waals surface area contributed by atoms with Crippen LogP contribution in [-0.2, 0) is 23.8 Å². The lowest BCUT2D eigenvalue weighted by Crippen LogP contribution is -2.60. The lowest BCUT2D eigenvalue weighted by molar-refractivity contribution is -0.302. The minimum Gasteiger partial charge on any atom is -0.466 e. The van der Waals surface area contributed by atoms with E-state index in [0.29, 0.717) is 19.4 Å². The molecule has 0 aromatic carbocycles. The van der Waals surface area contributed by atoms with Gasteiger partial charge in [-0.1, -0.05) is 333 Å². The van der Waals surface area contributed by atoms with E-state index in [1.54, 1.807) is 6.08 Å². The first kappa shape index (κ1) is 82.9. The quantitative estimate of drug-likeness (QED) is 0.0195. The van der Waals surface area contributed by atoms with Gasteiger partial charge in [-0.25, -0.2) is 0 Å². The van der Waals surface area contributed by atoms with E-state index in [9.17, 15) is 35.1 Å². The van der Waals surface area contributed by atoms with Crippen LogP contribution in [-0.4, -0.2) is 100 Å². The minimum atomic E-state index is -1.57. The summed E-state index contributed by atoms with van der Waals surface area (Å²) in [6.07, 6.45) is 74.7. The van der Waals surface area contributed by atoms with Crippen LogP contribution in [0.4, 0.5) is 0 Å². The zero-order chi connectivity index (χ0) is 63.0. The number of carbonyl (C=O) groups excluding carboxylic acids is 2. The molecule has 0 spiro atoms. The molecular formula is C76H143NO10. The first-order chi connectivity index (χ1) is 42.7. The first-order valence-corrected chi connectivity index (χ1v) is 37.8. The summed E-state index contributed by atoms with van der Waals surface area (Å²) in [5, 5.41) is 54.3. The third-order valence-corrected chi connectivity index (χ3v) is 18.0. The van der Waals surface area contributed by atoms with Crippen molar-refractivity contribution in [2.24, 2.45) is 0 Å². The minimum absolute atomic E-state index is 0.00216. The number of carbonyl (C=O) groups is 2. The average molecular weight is 1230 g/mol. The van der Waals surface area contributed by atoms with Crippen LogP contribution in [0.3, 0.4) is 0 Å². The van der Waals surface area contributed by atoms with E-state index in [2.05, 4.69) is 43.5 Å². The van der Waals surface area contributed by atoms with Crippen molar-refractivity contribution in [3.05, 3.63) is 36.5 Å². The van der Waals surface area contributed by atoms with Crippen LogP contribution in [0.2, 0.25) is 0 Å². The summed E-state index contributed by atoms with van der Waals surface area (Å²) in [4.78, 5) is 25.1. The SMILES string of the molecule is CCCCC/C=C\C/C=C\CCCCCCCC(=O)OCCCCCCCCCCCCCCCCCCCCCCCCCCCCCCCCCCCCCC(=O)NC(COC1OC(CO)C(O)C(O)C1O)C(O)/C=C/CCCCCCCCC. The number of ether oxygens (including phenoxy) is 3. The molecule has 1 fully saturated rings. The molecule has 11 nitrogen and oxygen atoms in total. The summed E-state index contributed by atoms with van der Waals surface area (Å²) in [5.74, 6) is -0.175. The summed E-state index contributed by atoms with van der Waals surface area (Å²) in [5.41, 5.74) is 0. The second kappa shape index (κ2) is 65.4. The fraction of sp³-hybridized carbons (Fsp3) is 0.895. The van der Waals surface area contributed by atoms with Crippen molar-refractivity contribution in [1.29, 1.82) is 0 Å². The maximum Gasteiger partial charge on any atom is 0.305 e. The highest BCUT2D eigenvalue weighted by molar-refractivity contribution is 5.76. The number of hydrogen-bond acceptors (Lipinski definition) is 10. The molecular weight excluding hydrogens is 1090 g/mol. The number of rotatable bonds is 67. The second-order valence-corrected chi connectivity index (χ2v) is 26.4. The van der Waals surface area contributed by atoms with Gasteiger partial charge in [0.25, 0.3) is 0 Å². The van der Waals surface area contributed by atoms with E-state index in [1.807, 2.05) is 6.08 Å². The third kappa shape index (κ3) is 54.2. The van der Waals surface area contributed by atoms with Gasteiger partial charge in [0.2, 0.25) is 5.91 Å². The van der Waals surface area contributed by atoms with Crippen molar-refractivity contribution < 1.29 is 49.3 Å². The largest absolute Gasteiger partial charge is 0.466 e. The fourth-order valence-corrected chi connectivity index (χ4v) is 12.1. The van der Waals surface area contributed by atoms with Gasteiger partial charge in [-0.15, -0.1) is 0 Å². The molecule has 1 rings (SSSR count). The summed E-state index contributed by atoms with van der Waals surface area (Å²) in [6.45, 7) is 4.32. The van der Waals surface area contributed by atoms with Crippen LogP contribution >= 0.6 is 0 Å². The Morgan fingerprint density at radius 2 is 0.770 bits per heavy atom. The lowest BCUT2D eigenvalue weighted by atomic mass is 9.99. The summed E-state index contributed by atoms with van der Waals surface area (Å²) >= 11 is 0. The maximum atomic E-state index is 13.0. The van der Waals surface area contributed by atoms with Gasteiger partial charge in [0.15, 0.2) is 6.29 Å². The summed E-state index contributed by atoms with van der Waals surface area (Å²) in [6, 6.07) is -0.804. The third-order valence-electron chi connectivity index (χ3n) is 18.0. The van der Waals surface area contributed by atoms with Crippen LogP contribution in [0.25, 0.3) is 0 Å². The Balaban J connectivity index is 1.86. The van der Waals surface area contributed by atoms with Crippen LogP contribution in [0, 0.1) is 0 Å². The second-order valence-electron chi connectivity index (χ2n) is 26.4. The van der Waals surface area contributed by atoms with Gasteiger partial charge in [-0.05, 0) is 64.2 Å². The number of unbranched alkanes of at least 4 members (excludes halogenated alkanes) is 49. The molecule has 0 radical (unpaired) electrons. The molecule has 1 aliphatic rings.